The molecular weight excluding hydrogens is 456 g/mol. The van der Waals surface area contributed by atoms with Crippen LogP contribution in [0.5, 0.6) is 0 Å². The number of aliphatic hydroxyl groups is 1. The number of rotatable bonds is 20. The summed E-state index contributed by atoms with van der Waals surface area (Å²) in [6.07, 6.45) is 13.0. The SMILES string of the molecule is CC(C)COC(=O)CCCCCN(CCCCCC(=O)OCl)CCN(CCO)C1CCCCC1. The molecule has 0 amide bonds. The van der Waals surface area contributed by atoms with Gasteiger partial charge in [-0.25, -0.2) is 0 Å². The number of halogens is 1. The van der Waals surface area contributed by atoms with Crippen LogP contribution in [0.3, 0.4) is 0 Å². The summed E-state index contributed by atoms with van der Waals surface area (Å²) in [6, 6.07) is 0.598. The average Bonchev–Trinajstić information content (AvgIpc) is 2.84. The maximum Gasteiger partial charge on any atom is 0.324 e. The third kappa shape index (κ3) is 15.9. The number of carbonyl (C=O) groups excluding carboxylic acids is 2. The average molecular weight is 505 g/mol. The van der Waals surface area contributed by atoms with Gasteiger partial charge in [0, 0.05) is 38.5 Å². The summed E-state index contributed by atoms with van der Waals surface area (Å²) in [5.74, 6) is -0.0807. The molecule has 34 heavy (non-hydrogen) atoms. The van der Waals surface area contributed by atoms with Gasteiger partial charge in [0.15, 0.2) is 0 Å². The highest BCUT2D eigenvalue weighted by Crippen LogP contribution is 2.22. The largest absolute Gasteiger partial charge is 0.465 e. The Labute approximate surface area is 212 Å². The molecule has 7 nitrogen and oxygen atoms in total. The number of nitrogens with zero attached hydrogens (tertiary/aromatic N) is 2. The van der Waals surface area contributed by atoms with Gasteiger partial charge in [0.2, 0.25) is 0 Å². The van der Waals surface area contributed by atoms with E-state index in [2.05, 4.69) is 14.1 Å². The van der Waals surface area contributed by atoms with E-state index < -0.39 is 0 Å². The molecule has 0 radical (unpaired) electrons. The van der Waals surface area contributed by atoms with Crippen LogP contribution in [0.4, 0.5) is 0 Å². The predicted molar refractivity (Wildman–Crippen MR) is 137 cm³/mol. The van der Waals surface area contributed by atoms with E-state index in [0.29, 0.717) is 31.4 Å². The molecule has 0 unspecified atom stereocenters. The number of aliphatic hydroxyl groups excluding tert-OH is 1. The van der Waals surface area contributed by atoms with Crippen LogP contribution in [0, 0.1) is 5.92 Å². The molecule has 1 fully saturated rings. The fourth-order valence-electron chi connectivity index (χ4n) is 4.59. The zero-order chi connectivity index (χ0) is 25.0. The summed E-state index contributed by atoms with van der Waals surface area (Å²) in [7, 11) is 0. The van der Waals surface area contributed by atoms with E-state index in [1.54, 1.807) is 0 Å². The topological polar surface area (TPSA) is 79.3 Å². The second-order valence-corrected chi connectivity index (χ2v) is 10.2. The van der Waals surface area contributed by atoms with Crippen molar-refractivity contribution in [2.24, 2.45) is 5.92 Å². The van der Waals surface area contributed by atoms with E-state index in [0.717, 1.165) is 71.2 Å². The lowest BCUT2D eigenvalue weighted by Gasteiger charge is -2.35. The normalized spacial score (nSPS) is 14.8. The first-order valence-electron chi connectivity index (χ1n) is 13.5. The number of carbonyl (C=O) groups is 2. The molecule has 0 atom stereocenters. The number of ether oxygens (including phenoxy) is 1. The lowest BCUT2D eigenvalue weighted by molar-refractivity contribution is -0.144. The van der Waals surface area contributed by atoms with Gasteiger partial charge in [-0.3, -0.25) is 14.5 Å². The van der Waals surface area contributed by atoms with Gasteiger partial charge in [-0.1, -0.05) is 46.0 Å². The highest BCUT2D eigenvalue weighted by Gasteiger charge is 2.21. The summed E-state index contributed by atoms with van der Waals surface area (Å²) in [6.45, 7) is 9.50. The van der Waals surface area contributed by atoms with Crippen LogP contribution < -0.4 is 0 Å². The van der Waals surface area contributed by atoms with Gasteiger partial charge in [0.1, 0.15) is 11.9 Å². The van der Waals surface area contributed by atoms with E-state index >= 15 is 0 Å². The van der Waals surface area contributed by atoms with Gasteiger partial charge in [-0.05, 0) is 57.5 Å². The molecule has 8 heteroatoms. The third-order valence-electron chi connectivity index (χ3n) is 6.56. The fraction of sp³-hybridized carbons (Fsp3) is 0.923. The molecule has 200 valence electrons. The van der Waals surface area contributed by atoms with Crippen LogP contribution in [-0.2, 0) is 18.6 Å². The lowest BCUT2D eigenvalue weighted by Crippen LogP contribution is -2.43. The minimum absolute atomic E-state index is 0.0897. The van der Waals surface area contributed by atoms with Crippen LogP contribution in [0.25, 0.3) is 0 Å². The summed E-state index contributed by atoms with van der Waals surface area (Å²) in [4.78, 5) is 28.0. The van der Waals surface area contributed by atoms with Crippen LogP contribution in [0.2, 0.25) is 0 Å². The molecule has 1 saturated carbocycles. The second-order valence-electron chi connectivity index (χ2n) is 10.0. The Morgan fingerprint density at radius 3 is 2.03 bits per heavy atom. The number of hydrogen-bond acceptors (Lipinski definition) is 7. The summed E-state index contributed by atoms with van der Waals surface area (Å²) in [5.41, 5.74) is 0. The Kier molecular flexibility index (Phi) is 18.6. The van der Waals surface area contributed by atoms with Crippen molar-refractivity contribution in [3.8, 4) is 0 Å². The lowest BCUT2D eigenvalue weighted by atomic mass is 9.94. The first kappa shape index (κ1) is 31.1. The zero-order valence-corrected chi connectivity index (χ0v) is 22.4. The van der Waals surface area contributed by atoms with E-state index in [1.165, 1.54) is 32.1 Å². The van der Waals surface area contributed by atoms with Crippen molar-refractivity contribution in [3.63, 3.8) is 0 Å². The first-order chi connectivity index (χ1) is 16.5. The maximum absolute atomic E-state index is 11.8. The van der Waals surface area contributed by atoms with Gasteiger partial charge < -0.3 is 19.0 Å². The smallest absolute Gasteiger partial charge is 0.324 e. The molecule has 0 aromatic rings. The summed E-state index contributed by atoms with van der Waals surface area (Å²) >= 11 is 5.10. The molecule has 0 heterocycles. The number of esters is 1. The van der Waals surface area contributed by atoms with Crippen molar-refractivity contribution in [2.75, 3.05) is 45.9 Å². The molecule has 0 bridgehead atoms. The van der Waals surface area contributed by atoms with Crippen molar-refractivity contribution >= 4 is 23.8 Å². The van der Waals surface area contributed by atoms with Gasteiger partial charge in [0.05, 0.1) is 13.2 Å². The minimum Gasteiger partial charge on any atom is -0.465 e. The van der Waals surface area contributed by atoms with Gasteiger partial charge in [-0.2, -0.15) is 0 Å². The molecule has 0 spiro atoms. The Hall–Kier alpha value is -0.890. The van der Waals surface area contributed by atoms with Crippen molar-refractivity contribution in [1.82, 2.24) is 9.80 Å². The van der Waals surface area contributed by atoms with Crippen molar-refractivity contribution in [2.45, 2.75) is 103 Å². The molecule has 0 aliphatic heterocycles. The van der Waals surface area contributed by atoms with Crippen molar-refractivity contribution in [3.05, 3.63) is 0 Å². The maximum atomic E-state index is 11.8. The monoisotopic (exact) mass is 504 g/mol. The van der Waals surface area contributed by atoms with Crippen molar-refractivity contribution < 1.29 is 23.7 Å². The minimum atomic E-state index is -0.363. The van der Waals surface area contributed by atoms with Crippen LogP contribution in [0.1, 0.15) is 97.3 Å². The first-order valence-corrected chi connectivity index (χ1v) is 13.8. The van der Waals surface area contributed by atoms with Gasteiger partial charge in [-0.15, -0.1) is 0 Å². The Balaban J connectivity index is 2.41. The molecular formula is C26H49ClN2O5. The Morgan fingerprint density at radius 1 is 0.853 bits per heavy atom. The van der Waals surface area contributed by atoms with E-state index in [9.17, 15) is 14.7 Å². The molecule has 0 saturated heterocycles. The Bertz CT molecular complexity index is 529. The van der Waals surface area contributed by atoms with E-state index in [1.807, 2.05) is 13.8 Å². The number of unbranched alkanes of at least 4 members (excludes halogenated alkanes) is 4. The highest BCUT2D eigenvalue weighted by molar-refractivity contribution is 6.13. The van der Waals surface area contributed by atoms with Crippen LogP contribution in [0.15, 0.2) is 0 Å². The zero-order valence-electron chi connectivity index (χ0n) is 21.6. The van der Waals surface area contributed by atoms with E-state index in [4.69, 9.17) is 16.6 Å². The second kappa shape index (κ2) is 20.3. The third-order valence-corrected chi connectivity index (χ3v) is 6.73. The summed E-state index contributed by atoms with van der Waals surface area (Å²) in [5, 5.41) is 9.57. The molecule has 1 aliphatic rings. The van der Waals surface area contributed by atoms with Gasteiger partial charge in [0.25, 0.3) is 0 Å². The number of hydrogen-bond donors (Lipinski definition) is 1. The fourth-order valence-corrected chi connectivity index (χ4v) is 4.67. The van der Waals surface area contributed by atoms with Crippen LogP contribution >= 0.6 is 11.9 Å². The molecule has 1 aliphatic carbocycles. The molecule has 1 rings (SSSR count). The Morgan fingerprint density at radius 2 is 1.47 bits per heavy atom. The quantitative estimate of drug-likeness (QED) is 0.186. The highest BCUT2D eigenvalue weighted by atomic mass is 35.5. The molecule has 1 N–H and O–H groups in total. The summed E-state index contributed by atoms with van der Waals surface area (Å²) < 4.78 is 9.47. The standard InChI is InChI=1S/C26H49ClN2O5/c1-23(2)22-33-25(31)14-8-4-10-16-28(17-11-5-9-15-26(32)34-27)18-19-29(20-21-30)24-12-6-3-7-13-24/h23-24,30H,3-22H2,1-2H3. The molecule has 0 aromatic heterocycles. The van der Waals surface area contributed by atoms with Crippen LogP contribution in [-0.4, -0.2) is 78.8 Å². The molecule has 0 aromatic carbocycles. The van der Waals surface area contributed by atoms with Gasteiger partial charge >= 0.3 is 11.9 Å². The predicted octanol–water partition coefficient (Wildman–Crippen LogP) is 4.93. The van der Waals surface area contributed by atoms with E-state index in [-0.39, 0.29) is 18.5 Å². The van der Waals surface area contributed by atoms with Crippen molar-refractivity contribution in [1.29, 1.82) is 0 Å².